The summed E-state index contributed by atoms with van der Waals surface area (Å²) in [6.45, 7) is 4.57. The largest absolute Gasteiger partial charge is 0.409 e. The van der Waals surface area contributed by atoms with E-state index < -0.39 is 5.54 Å². The molecule has 0 aromatic carbocycles. The van der Waals surface area contributed by atoms with Crippen LogP contribution < -0.4 is 11.1 Å². The lowest BCUT2D eigenvalue weighted by Crippen LogP contribution is -2.56. The van der Waals surface area contributed by atoms with Crippen LogP contribution in [0.2, 0.25) is 0 Å². The summed E-state index contributed by atoms with van der Waals surface area (Å²) >= 11 is 0. The summed E-state index contributed by atoms with van der Waals surface area (Å²) < 4.78 is 1.68. The van der Waals surface area contributed by atoms with E-state index in [1.807, 2.05) is 13.8 Å². The van der Waals surface area contributed by atoms with Gasteiger partial charge in [-0.15, -0.1) is 0 Å². The quantitative estimate of drug-likeness (QED) is 0.329. The number of aryl methyl sites for hydroxylation is 2. The van der Waals surface area contributed by atoms with Gasteiger partial charge in [-0.3, -0.25) is 9.48 Å². The molecule has 1 aliphatic carbocycles. The molecule has 1 aromatic rings. The van der Waals surface area contributed by atoms with Crippen LogP contribution in [-0.4, -0.2) is 32.3 Å². The molecule has 0 spiro atoms. The molecule has 1 aromatic heterocycles. The minimum Gasteiger partial charge on any atom is -0.409 e. The fourth-order valence-electron chi connectivity index (χ4n) is 2.87. The number of carbonyl (C=O) groups excluding carboxylic acids is 1. The summed E-state index contributed by atoms with van der Waals surface area (Å²) in [7, 11) is 0. The Morgan fingerprint density at radius 1 is 1.52 bits per heavy atom. The highest BCUT2D eigenvalue weighted by molar-refractivity contribution is 5.99. The maximum absolute atomic E-state index is 12.6. The van der Waals surface area contributed by atoms with E-state index in [-0.39, 0.29) is 11.7 Å². The van der Waals surface area contributed by atoms with Gasteiger partial charge >= 0.3 is 0 Å². The first kappa shape index (κ1) is 15.3. The molecule has 0 saturated heterocycles. The number of rotatable bonds is 5. The van der Waals surface area contributed by atoms with Crippen molar-refractivity contribution in [2.45, 2.75) is 58.0 Å². The van der Waals surface area contributed by atoms with Crippen molar-refractivity contribution in [2.75, 3.05) is 0 Å². The second-order valence-corrected chi connectivity index (χ2v) is 5.42. The third-order valence-corrected chi connectivity index (χ3v) is 4.13. The van der Waals surface area contributed by atoms with E-state index in [4.69, 9.17) is 10.9 Å². The number of amidine groups is 1. The molecule has 7 heteroatoms. The van der Waals surface area contributed by atoms with Gasteiger partial charge < -0.3 is 16.3 Å². The van der Waals surface area contributed by atoms with Gasteiger partial charge in [0.1, 0.15) is 11.2 Å². The molecule has 116 valence electrons. The van der Waals surface area contributed by atoms with E-state index in [0.717, 1.165) is 25.0 Å². The van der Waals surface area contributed by atoms with E-state index in [9.17, 15) is 4.79 Å². The molecule has 7 nitrogen and oxygen atoms in total. The minimum atomic E-state index is -0.735. The highest BCUT2D eigenvalue weighted by Gasteiger charge is 2.40. The number of hydrogen-bond acceptors (Lipinski definition) is 4. The molecule has 0 bridgehead atoms. The highest BCUT2D eigenvalue weighted by atomic mass is 16.4. The zero-order valence-corrected chi connectivity index (χ0v) is 12.6. The van der Waals surface area contributed by atoms with Gasteiger partial charge in [-0.1, -0.05) is 24.9 Å². The van der Waals surface area contributed by atoms with Crippen molar-refractivity contribution in [1.82, 2.24) is 15.1 Å². The van der Waals surface area contributed by atoms with Crippen molar-refractivity contribution in [3.05, 3.63) is 17.5 Å². The fraction of sp³-hybridized carbons (Fsp3) is 0.643. The summed E-state index contributed by atoms with van der Waals surface area (Å²) in [6.07, 6.45) is 4.05. The number of nitrogens with two attached hydrogens (primary N) is 1. The van der Waals surface area contributed by atoms with Crippen LogP contribution in [0, 0.1) is 0 Å². The Morgan fingerprint density at radius 2 is 2.19 bits per heavy atom. The van der Waals surface area contributed by atoms with Crippen molar-refractivity contribution >= 4 is 11.7 Å². The van der Waals surface area contributed by atoms with Gasteiger partial charge in [0.2, 0.25) is 0 Å². The Labute approximate surface area is 124 Å². The number of aromatic nitrogens is 2. The third kappa shape index (κ3) is 2.86. The maximum atomic E-state index is 12.6. The zero-order valence-electron chi connectivity index (χ0n) is 12.6. The average molecular weight is 293 g/mol. The molecular formula is C14H23N5O2. The third-order valence-electron chi connectivity index (χ3n) is 4.13. The average Bonchev–Trinajstić information content (AvgIpc) is 3.13. The molecule has 0 unspecified atom stereocenters. The zero-order chi connectivity index (χ0) is 15.5. The normalized spacial score (nSPS) is 17.9. The van der Waals surface area contributed by atoms with Crippen LogP contribution in [0.5, 0.6) is 0 Å². The molecule has 1 saturated carbocycles. The van der Waals surface area contributed by atoms with E-state index in [1.54, 1.807) is 10.7 Å². The van der Waals surface area contributed by atoms with Gasteiger partial charge in [0.15, 0.2) is 5.84 Å². The van der Waals surface area contributed by atoms with Crippen molar-refractivity contribution in [3.8, 4) is 0 Å². The van der Waals surface area contributed by atoms with Crippen LogP contribution in [0.3, 0.4) is 0 Å². The first-order valence-corrected chi connectivity index (χ1v) is 7.43. The van der Waals surface area contributed by atoms with Gasteiger partial charge in [-0.05, 0) is 32.3 Å². The van der Waals surface area contributed by atoms with E-state index in [0.29, 0.717) is 25.1 Å². The smallest absolute Gasteiger partial charge is 0.270 e. The summed E-state index contributed by atoms with van der Waals surface area (Å²) in [6, 6.07) is 1.80. The molecule has 0 radical (unpaired) electrons. The first-order valence-electron chi connectivity index (χ1n) is 7.43. The first-order chi connectivity index (χ1) is 10.1. The topological polar surface area (TPSA) is 106 Å². The number of nitrogens with zero attached hydrogens (tertiary/aromatic N) is 3. The predicted molar refractivity (Wildman–Crippen MR) is 79.4 cm³/mol. The van der Waals surface area contributed by atoms with E-state index >= 15 is 0 Å². The summed E-state index contributed by atoms with van der Waals surface area (Å²) in [5.74, 6) is -0.149. The predicted octanol–water partition coefficient (Wildman–Crippen LogP) is 1.25. The molecule has 21 heavy (non-hydrogen) atoms. The Hall–Kier alpha value is -2.05. The van der Waals surface area contributed by atoms with Crippen LogP contribution in [0.4, 0.5) is 0 Å². The van der Waals surface area contributed by atoms with Gasteiger partial charge in [0.05, 0.1) is 5.69 Å². The molecule has 1 aliphatic rings. The Balaban J connectivity index is 2.26. The number of nitrogens with one attached hydrogen (secondary N) is 1. The fourth-order valence-corrected chi connectivity index (χ4v) is 2.87. The second kappa shape index (κ2) is 6.15. The van der Waals surface area contributed by atoms with Gasteiger partial charge in [0, 0.05) is 6.54 Å². The standard InChI is InChI=1S/C14H23N5O2/c1-3-10-9-11(19(4-2)17-10)12(20)16-14(13(15)18-21)7-5-6-8-14/h9,21H,3-8H2,1-2H3,(H2,15,18)(H,16,20). The van der Waals surface area contributed by atoms with Crippen molar-refractivity contribution in [2.24, 2.45) is 10.9 Å². The van der Waals surface area contributed by atoms with Gasteiger partial charge in [-0.25, -0.2) is 0 Å². The van der Waals surface area contributed by atoms with Crippen molar-refractivity contribution in [1.29, 1.82) is 0 Å². The van der Waals surface area contributed by atoms with Crippen LogP contribution in [0.15, 0.2) is 11.2 Å². The Kier molecular flexibility index (Phi) is 4.50. The SMILES string of the molecule is CCc1cc(C(=O)NC2(C(N)=NO)CCCC2)n(CC)n1. The van der Waals surface area contributed by atoms with Gasteiger partial charge in [-0.2, -0.15) is 5.10 Å². The maximum Gasteiger partial charge on any atom is 0.270 e. The van der Waals surface area contributed by atoms with Crippen LogP contribution in [0.25, 0.3) is 0 Å². The Bertz CT molecular complexity index is 544. The molecule has 2 rings (SSSR count). The molecule has 1 heterocycles. The molecule has 1 fully saturated rings. The lowest BCUT2D eigenvalue weighted by atomic mass is 9.96. The number of oxime groups is 1. The van der Waals surface area contributed by atoms with E-state index in [1.165, 1.54) is 0 Å². The lowest BCUT2D eigenvalue weighted by molar-refractivity contribution is 0.0911. The van der Waals surface area contributed by atoms with Crippen molar-refractivity contribution in [3.63, 3.8) is 0 Å². The van der Waals surface area contributed by atoms with Crippen LogP contribution in [0.1, 0.15) is 55.7 Å². The lowest BCUT2D eigenvalue weighted by Gasteiger charge is -2.28. The van der Waals surface area contributed by atoms with E-state index in [2.05, 4.69) is 15.6 Å². The molecule has 0 atom stereocenters. The second-order valence-electron chi connectivity index (χ2n) is 5.42. The van der Waals surface area contributed by atoms with Crippen LogP contribution in [-0.2, 0) is 13.0 Å². The van der Waals surface area contributed by atoms with Gasteiger partial charge in [0.25, 0.3) is 5.91 Å². The molecular weight excluding hydrogens is 270 g/mol. The summed E-state index contributed by atoms with van der Waals surface area (Å²) in [5, 5.41) is 19.4. The van der Waals surface area contributed by atoms with Crippen molar-refractivity contribution < 1.29 is 10.0 Å². The molecule has 0 aliphatic heterocycles. The number of hydrogen-bond donors (Lipinski definition) is 3. The molecule has 1 amide bonds. The number of amides is 1. The summed E-state index contributed by atoms with van der Waals surface area (Å²) in [5.41, 5.74) is 6.47. The summed E-state index contributed by atoms with van der Waals surface area (Å²) in [4.78, 5) is 12.6. The minimum absolute atomic E-state index is 0.0756. The highest BCUT2D eigenvalue weighted by Crippen LogP contribution is 2.30. The van der Waals surface area contributed by atoms with Crippen LogP contribution >= 0.6 is 0 Å². The monoisotopic (exact) mass is 293 g/mol. The Morgan fingerprint density at radius 3 is 2.71 bits per heavy atom. The number of carbonyl (C=O) groups is 1. The molecule has 4 N–H and O–H groups in total.